The summed E-state index contributed by atoms with van der Waals surface area (Å²) in [4.78, 5) is 11.7. The summed E-state index contributed by atoms with van der Waals surface area (Å²) in [5.74, 6) is 1.03. The lowest BCUT2D eigenvalue weighted by molar-refractivity contribution is -0.150. The van der Waals surface area contributed by atoms with Crippen molar-refractivity contribution in [2.75, 3.05) is 0 Å². The molecule has 3 nitrogen and oxygen atoms in total. The lowest BCUT2D eigenvalue weighted by Gasteiger charge is -2.37. The first-order chi connectivity index (χ1) is 7.09. The molecule has 1 saturated heterocycles. The predicted octanol–water partition coefficient (Wildman–Crippen LogP) is 2.16. The third kappa shape index (κ3) is 1.22. The van der Waals surface area contributed by atoms with Gasteiger partial charge in [0.2, 0.25) is 0 Å². The van der Waals surface area contributed by atoms with Crippen LogP contribution in [0, 0.1) is 5.92 Å². The Hall–Kier alpha value is -0.990. The van der Waals surface area contributed by atoms with E-state index >= 15 is 0 Å². The molecular weight excluding hydrogens is 192 g/mol. The van der Waals surface area contributed by atoms with Gasteiger partial charge in [-0.1, -0.05) is 6.92 Å². The minimum atomic E-state index is -0.142. The highest BCUT2D eigenvalue weighted by Gasteiger charge is 2.46. The molecule has 15 heavy (non-hydrogen) atoms. The van der Waals surface area contributed by atoms with Gasteiger partial charge in [0.15, 0.2) is 0 Å². The lowest BCUT2D eigenvalue weighted by Crippen LogP contribution is -2.37. The normalized spacial score (nSPS) is 43.5. The van der Waals surface area contributed by atoms with E-state index < -0.39 is 0 Å². The number of hydrogen-bond acceptors (Lipinski definition) is 3. The molecule has 0 N–H and O–H groups in total. The third-order valence-electron chi connectivity index (χ3n) is 3.99. The molecule has 3 heterocycles. The Balaban J connectivity index is 2.12. The zero-order valence-corrected chi connectivity index (χ0v) is 9.21. The van der Waals surface area contributed by atoms with Gasteiger partial charge in [0, 0.05) is 0 Å². The summed E-state index contributed by atoms with van der Waals surface area (Å²) in [7, 11) is 0. The van der Waals surface area contributed by atoms with Crippen molar-refractivity contribution >= 4 is 5.97 Å². The van der Waals surface area contributed by atoms with Gasteiger partial charge < -0.3 is 9.47 Å². The first-order valence-electron chi connectivity index (χ1n) is 5.72. The highest BCUT2D eigenvalue weighted by molar-refractivity contribution is 5.90. The second-order valence-electron chi connectivity index (χ2n) is 5.17. The fraction of sp³-hybridized carbons (Fsp3) is 0.750. The SMILES string of the molecule is C[C@H]1C2=C3CC[C@](C)(CC[C@@H]1OC3=O)O2. The number of hydrogen-bond donors (Lipinski definition) is 0. The van der Waals surface area contributed by atoms with Gasteiger partial charge in [-0.2, -0.15) is 0 Å². The molecule has 3 atom stereocenters. The first-order valence-corrected chi connectivity index (χ1v) is 5.72. The molecule has 0 aromatic carbocycles. The molecule has 3 bridgehead atoms. The van der Waals surface area contributed by atoms with Crippen LogP contribution in [0.25, 0.3) is 0 Å². The van der Waals surface area contributed by atoms with Crippen molar-refractivity contribution in [1.29, 1.82) is 0 Å². The van der Waals surface area contributed by atoms with Crippen molar-refractivity contribution in [1.82, 2.24) is 0 Å². The molecule has 1 fully saturated rings. The monoisotopic (exact) mass is 208 g/mol. The number of esters is 1. The number of carbonyl (C=O) groups is 1. The Morgan fingerprint density at radius 1 is 1.40 bits per heavy atom. The zero-order valence-electron chi connectivity index (χ0n) is 9.21. The largest absolute Gasteiger partial charge is 0.491 e. The Morgan fingerprint density at radius 3 is 3.00 bits per heavy atom. The second kappa shape index (κ2) is 2.77. The average Bonchev–Trinajstić information content (AvgIpc) is 2.28. The molecule has 0 saturated carbocycles. The van der Waals surface area contributed by atoms with Crippen molar-refractivity contribution in [3.63, 3.8) is 0 Å². The fourth-order valence-corrected chi connectivity index (χ4v) is 2.87. The number of ether oxygens (including phenoxy) is 2. The standard InChI is InChI=1S/C12H16O3/c1-7-9-4-6-12(2)5-3-8(10(7)15-12)11(13)14-9/h7,9H,3-6H2,1-2H3/t7-,9+,12-/m1/s1. The van der Waals surface area contributed by atoms with Gasteiger partial charge in [-0.25, -0.2) is 4.79 Å². The molecule has 3 rings (SSSR count). The summed E-state index contributed by atoms with van der Waals surface area (Å²) in [6, 6.07) is 0. The lowest BCUT2D eigenvalue weighted by atomic mass is 9.90. The molecule has 3 aliphatic heterocycles. The second-order valence-corrected chi connectivity index (χ2v) is 5.17. The van der Waals surface area contributed by atoms with Crippen molar-refractivity contribution in [2.24, 2.45) is 5.92 Å². The number of carbonyl (C=O) groups excluding carboxylic acids is 1. The van der Waals surface area contributed by atoms with Crippen molar-refractivity contribution < 1.29 is 14.3 Å². The van der Waals surface area contributed by atoms with Crippen LogP contribution in [0.5, 0.6) is 0 Å². The predicted molar refractivity (Wildman–Crippen MR) is 54.0 cm³/mol. The van der Waals surface area contributed by atoms with Crippen LogP contribution in [0.15, 0.2) is 11.3 Å². The van der Waals surface area contributed by atoms with Gasteiger partial charge in [0.25, 0.3) is 0 Å². The topological polar surface area (TPSA) is 35.5 Å². The minimum absolute atomic E-state index is 0.0381. The van der Waals surface area contributed by atoms with Crippen LogP contribution in [0.4, 0.5) is 0 Å². The van der Waals surface area contributed by atoms with E-state index in [9.17, 15) is 4.79 Å². The molecule has 0 aromatic rings. The number of rotatable bonds is 0. The van der Waals surface area contributed by atoms with E-state index in [-0.39, 0.29) is 23.6 Å². The van der Waals surface area contributed by atoms with E-state index in [4.69, 9.17) is 9.47 Å². The van der Waals surface area contributed by atoms with Gasteiger partial charge in [-0.15, -0.1) is 0 Å². The van der Waals surface area contributed by atoms with Crippen LogP contribution < -0.4 is 0 Å². The van der Waals surface area contributed by atoms with Crippen LogP contribution >= 0.6 is 0 Å². The minimum Gasteiger partial charge on any atom is -0.491 e. The maximum absolute atomic E-state index is 11.7. The number of fused-ring (bicyclic) bond motifs is 2. The summed E-state index contributed by atoms with van der Waals surface area (Å²) in [6.07, 6.45) is 3.73. The van der Waals surface area contributed by atoms with Gasteiger partial charge >= 0.3 is 5.97 Å². The molecule has 3 aliphatic rings. The first kappa shape index (κ1) is 9.25. The average molecular weight is 208 g/mol. The Labute approximate surface area is 89.4 Å². The van der Waals surface area contributed by atoms with Gasteiger partial charge in [0.05, 0.1) is 11.5 Å². The van der Waals surface area contributed by atoms with Crippen LogP contribution in [0.2, 0.25) is 0 Å². The maximum Gasteiger partial charge on any atom is 0.337 e. The van der Waals surface area contributed by atoms with E-state index in [0.29, 0.717) is 0 Å². The van der Waals surface area contributed by atoms with Crippen LogP contribution in [-0.2, 0) is 14.3 Å². The maximum atomic E-state index is 11.7. The van der Waals surface area contributed by atoms with Crippen LogP contribution in [0.1, 0.15) is 39.5 Å². The van der Waals surface area contributed by atoms with E-state index in [0.717, 1.165) is 37.0 Å². The molecule has 0 spiro atoms. The fourth-order valence-electron chi connectivity index (χ4n) is 2.87. The van der Waals surface area contributed by atoms with Crippen molar-refractivity contribution in [2.45, 2.75) is 51.2 Å². The van der Waals surface area contributed by atoms with Crippen LogP contribution in [0.3, 0.4) is 0 Å². The molecule has 0 unspecified atom stereocenters. The summed E-state index contributed by atoms with van der Waals surface area (Å²) in [5, 5.41) is 0. The Bertz CT molecular complexity index is 358. The third-order valence-corrected chi connectivity index (χ3v) is 3.99. The Morgan fingerprint density at radius 2 is 2.20 bits per heavy atom. The van der Waals surface area contributed by atoms with Gasteiger partial charge in [-0.3, -0.25) is 0 Å². The van der Waals surface area contributed by atoms with Crippen molar-refractivity contribution in [3.05, 3.63) is 11.3 Å². The van der Waals surface area contributed by atoms with Crippen molar-refractivity contribution in [3.8, 4) is 0 Å². The zero-order chi connectivity index (χ0) is 10.6. The molecule has 0 amide bonds. The molecule has 0 aliphatic carbocycles. The van der Waals surface area contributed by atoms with Gasteiger partial charge in [0.1, 0.15) is 17.5 Å². The summed E-state index contributed by atoms with van der Waals surface area (Å²) in [6.45, 7) is 4.25. The molecule has 3 heteroatoms. The molecular formula is C12H16O3. The van der Waals surface area contributed by atoms with E-state index in [1.807, 2.05) is 0 Å². The Kier molecular flexibility index (Phi) is 1.71. The molecule has 0 radical (unpaired) electrons. The highest BCUT2D eigenvalue weighted by atomic mass is 16.6. The van der Waals surface area contributed by atoms with E-state index in [2.05, 4.69) is 13.8 Å². The molecule has 0 aromatic heterocycles. The summed E-state index contributed by atoms with van der Waals surface area (Å²) >= 11 is 0. The quantitative estimate of drug-likeness (QED) is 0.572. The van der Waals surface area contributed by atoms with Crippen LogP contribution in [-0.4, -0.2) is 17.7 Å². The molecule has 82 valence electrons. The summed E-state index contributed by atoms with van der Waals surface area (Å²) < 4.78 is 11.5. The van der Waals surface area contributed by atoms with Gasteiger partial charge in [-0.05, 0) is 32.6 Å². The van der Waals surface area contributed by atoms with E-state index in [1.165, 1.54) is 0 Å². The smallest absolute Gasteiger partial charge is 0.337 e. The highest BCUT2D eigenvalue weighted by Crippen LogP contribution is 2.46. The summed E-state index contributed by atoms with van der Waals surface area (Å²) in [5.41, 5.74) is 0.730. The van der Waals surface area contributed by atoms with E-state index in [1.54, 1.807) is 0 Å².